The number of hydrogen-bond donors (Lipinski definition) is 2. The molecule has 0 unspecified atom stereocenters. The Labute approximate surface area is 149 Å². The quantitative estimate of drug-likeness (QED) is 0.823. The maximum Gasteiger partial charge on any atom is 0.241 e. The van der Waals surface area contributed by atoms with Gasteiger partial charge in [-0.2, -0.15) is 0 Å². The molecule has 2 rings (SSSR count). The minimum absolute atomic E-state index is 0.121. The number of rotatable bonds is 6. The van der Waals surface area contributed by atoms with E-state index in [1.165, 1.54) is 6.92 Å². The van der Waals surface area contributed by atoms with E-state index in [0.29, 0.717) is 6.42 Å². The van der Waals surface area contributed by atoms with Crippen molar-refractivity contribution in [3.05, 3.63) is 48.5 Å². The predicted molar refractivity (Wildman–Crippen MR) is 101 cm³/mol. The maximum atomic E-state index is 12.5. The van der Waals surface area contributed by atoms with Crippen LogP contribution in [0.5, 0.6) is 0 Å². The number of anilines is 1. The van der Waals surface area contributed by atoms with E-state index in [0.717, 1.165) is 16.8 Å². The first-order valence-corrected chi connectivity index (χ1v) is 9.63. The number of nitrogens with one attached hydrogen (secondary N) is 2. The Hall–Kier alpha value is -2.18. The van der Waals surface area contributed by atoms with Crippen molar-refractivity contribution >= 4 is 21.6 Å². The van der Waals surface area contributed by atoms with Crippen LogP contribution in [0.3, 0.4) is 0 Å². The minimum Gasteiger partial charge on any atom is -0.326 e. The monoisotopic (exact) mass is 360 g/mol. The predicted octanol–water partition coefficient (Wildman–Crippen LogP) is 3.78. The van der Waals surface area contributed by atoms with Gasteiger partial charge in [-0.25, -0.2) is 13.1 Å². The summed E-state index contributed by atoms with van der Waals surface area (Å²) < 4.78 is 27.6. The fourth-order valence-electron chi connectivity index (χ4n) is 2.27. The van der Waals surface area contributed by atoms with Crippen LogP contribution < -0.4 is 10.0 Å². The molecule has 0 saturated carbocycles. The Bertz CT molecular complexity index is 839. The Balaban J connectivity index is 2.21. The number of amides is 1. The third kappa shape index (κ3) is 5.14. The molecule has 0 bridgehead atoms. The lowest BCUT2D eigenvalue weighted by molar-refractivity contribution is -0.114. The highest BCUT2D eigenvalue weighted by atomic mass is 32.2. The topological polar surface area (TPSA) is 75.3 Å². The third-order valence-corrected chi connectivity index (χ3v) is 5.71. The van der Waals surface area contributed by atoms with Crippen molar-refractivity contribution in [2.24, 2.45) is 0 Å². The lowest BCUT2D eigenvalue weighted by atomic mass is 10.0. The molecule has 2 aromatic rings. The number of hydrogen-bond acceptors (Lipinski definition) is 3. The molecule has 0 aromatic heterocycles. The van der Waals surface area contributed by atoms with E-state index in [1.54, 1.807) is 24.3 Å². The van der Waals surface area contributed by atoms with Gasteiger partial charge in [-0.05, 0) is 55.7 Å². The highest BCUT2D eigenvalue weighted by Crippen LogP contribution is 2.24. The van der Waals surface area contributed by atoms with Gasteiger partial charge < -0.3 is 5.32 Å². The summed E-state index contributed by atoms with van der Waals surface area (Å²) >= 11 is 0. The molecule has 134 valence electrons. The summed E-state index contributed by atoms with van der Waals surface area (Å²) in [4.78, 5) is 11.3. The van der Waals surface area contributed by atoms with Crippen molar-refractivity contribution in [3.63, 3.8) is 0 Å². The highest BCUT2D eigenvalue weighted by Gasteiger charge is 2.24. The van der Waals surface area contributed by atoms with Gasteiger partial charge in [0, 0.05) is 18.2 Å². The third-order valence-electron chi connectivity index (χ3n) is 4.00. The Kier molecular flexibility index (Phi) is 5.65. The molecule has 5 nitrogen and oxygen atoms in total. The van der Waals surface area contributed by atoms with Gasteiger partial charge in [0.25, 0.3) is 0 Å². The number of sulfonamides is 1. The molecule has 1 amide bonds. The van der Waals surface area contributed by atoms with Gasteiger partial charge in [0.1, 0.15) is 0 Å². The average molecular weight is 360 g/mol. The van der Waals surface area contributed by atoms with Crippen LogP contribution in [0.2, 0.25) is 0 Å². The minimum atomic E-state index is -3.55. The molecule has 0 aliphatic heterocycles. The second-order valence-electron chi connectivity index (χ2n) is 6.63. The summed E-state index contributed by atoms with van der Waals surface area (Å²) in [5.41, 5.74) is 2.08. The van der Waals surface area contributed by atoms with Crippen LogP contribution in [0.4, 0.5) is 5.69 Å². The molecule has 0 aliphatic rings. The molecular formula is C19H24N2O3S. The van der Waals surface area contributed by atoms with E-state index in [4.69, 9.17) is 0 Å². The molecule has 6 heteroatoms. The van der Waals surface area contributed by atoms with Crippen LogP contribution in [0.15, 0.2) is 53.4 Å². The van der Waals surface area contributed by atoms with Crippen molar-refractivity contribution in [1.82, 2.24) is 4.72 Å². The molecule has 25 heavy (non-hydrogen) atoms. The fourth-order valence-corrected chi connectivity index (χ4v) is 3.75. The van der Waals surface area contributed by atoms with Crippen molar-refractivity contribution in [1.29, 1.82) is 0 Å². The van der Waals surface area contributed by atoms with Crippen LogP contribution >= 0.6 is 0 Å². The van der Waals surface area contributed by atoms with Gasteiger partial charge in [-0.1, -0.05) is 31.2 Å². The van der Waals surface area contributed by atoms with E-state index in [1.807, 2.05) is 45.0 Å². The molecule has 0 spiro atoms. The van der Waals surface area contributed by atoms with E-state index < -0.39 is 15.6 Å². The lowest BCUT2D eigenvalue weighted by Crippen LogP contribution is -2.42. The summed E-state index contributed by atoms with van der Waals surface area (Å²) in [6.07, 6.45) is 0.699. The number of carbonyl (C=O) groups is 1. The molecular weight excluding hydrogens is 336 g/mol. The summed E-state index contributed by atoms with van der Waals surface area (Å²) in [5, 5.41) is 2.71. The van der Waals surface area contributed by atoms with Gasteiger partial charge in [-0.15, -0.1) is 0 Å². The van der Waals surface area contributed by atoms with Crippen molar-refractivity contribution in [2.75, 3.05) is 5.32 Å². The normalized spacial score (nSPS) is 12.0. The Morgan fingerprint density at radius 1 is 0.960 bits per heavy atom. The zero-order chi connectivity index (χ0) is 18.7. The van der Waals surface area contributed by atoms with Gasteiger partial charge in [0.15, 0.2) is 0 Å². The average Bonchev–Trinajstić information content (AvgIpc) is 2.54. The first-order valence-electron chi connectivity index (χ1n) is 8.15. The van der Waals surface area contributed by atoms with E-state index in [-0.39, 0.29) is 10.8 Å². The van der Waals surface area contributed by atoms with Crippen LogP contribution in [0.25, 0.3) is 11.1 Å². The van der Waals surface area contributed by atoms with E-state index in [9.17, 15) is 13.2 Å². The maximum absolute atomic E-state index is 12.5. The van der Waals surface area contributed by atoms with E-state index >= 15 is 0 Å². The van der Waals surface area contributed by atoms with Crippen LogP contribution in [-0.2, 0) is 14.8 Å². The zero-order valence-corrected chi connectivity index (χ0v) is 15.8. The van der Waals surface area contributed by atoms with Crippen molar-refractivity contribution < 1.29 is 13.2 Å². The molecule has 0 saturated heterocycles. The molecule has 0 atom stereocenters. The highest BCUT2D eigenvalue weighted by molar-refractivity contribution is 7.89. The largest absolute Gasteiger partial charge is 0.326 e. The van der Waals surface area contributed by atoms with Crippen LogP contribution in [0.1, 0.15) is 34.1 Å². The first kappa shape index (κ1) is 19.1. The first-order chi connectivity index (χ1) is 11.6. The zero-order valence-electron chi connectivity index (χ0n) is 15.0. The van der Waals surface area contributed by atoms with Gasteiger partial charge >= 0.3 is 0 Å². The summed E-state index contributed by atoms with van der Waals surface area (Å²) in [5.74, 6) is -0.121. The lowest BCUT2D eigenvalue weighted by Gasteiger charge is -2.24. The Morgan fingerprint density at radius 2 is 1.44 bits per heavy atom. The summed E-state index contributed by atoms with van der Waals surface area (Å²) in [6.45, 7) is 7.11. The van der Waals surface area contributed by atoms with Gasteiger partial charge in [-0.3, -0.25) is 4.79 Å². The summed E-state index contributed by atoms with van der Waals surface area (Å²) in [7, 11) is -3.55. The van der Waals surface area contributed by atoms with Gasteiger partial charge in [0.2, 0.25) is 15.9 Å². The second-order valence-corrected chi connectivity index (χ2v) is 8.31. The fraction of sp³-hybridized carbons (Fsp3) is 0.316. The molecule has 0 radical (unpaired) electrons. The van der Waals surface area contributed by atoms with Crippen molar-refractivity contribution in [2.45, 2.75) is 44.6 Å². The number of benzene rings is 2. The summed E-state index contributed by atoms with van der Waals surface area (Å²) in [6, 6.07) is 14.2. The smallest absolute Gasteiger partial charge is 0.241 e. The molecule has 0 fully saturated rings. The van der Waals surface area contributed by atoms with Gasteiger partial charge in [0.05, 0.1) is 4.90 Å². The molecule has 0 heterocycles. The van der Waals surface area contributed by atoms with Crippen LogP contribution in [-0.4, -0.2) is 19.9 Å². The SMILES string of the molecule is CCC(C)(C)NS(=O)(=O)c1ccc(-c2ccc(NC(C)=O)cc2)cc1. The molecule has 2 N–H and O–H groups in total. The standard InChI is InChI=1S/C19H24N2O3S/c1-5-19(3,4)21-25(23,24)18-12-8-16(9-13-18)15-6-10-17(11-7-15)20-14(2)22/h6-13,21H,5H2,1-4H3,(H,20,22). The molecule has 2 aromatic carbocycles. The number of carbonyl (C=O) groups excluding carboxylic acids is 1. The van der Waals surface area contributed by atoms with E-state index in [2.05, 4.69) is 10.0 Å². The molecule has 0 aliphatic carbocycles. The van der Waals surface area contributed by atoms with Crippen molar-refractivity contribution in [3.8, 4) is 11.1 Å². The second kappa shape index (κ2) is 7.37. The van der Waals surface area contributed by atoms with Crippen LogP contribution in [0, 0.1) is 0 Å². The Morgan fingerprint density at radius 3 is 1.88 bits per heavy atom.